The van der Waals surface area contributed by atoms with Gasteiger partial charge in [-0.2, -0.15) is 13.2 Å². The van der Waals surface area contributed by atoms with Crippen LogP contribution in [-0.2, 0) is 4.79 Å². The Morgan fingerprint density at radius 1 is 1.35 bits per heavy atom. The molecule has 1 aromatic carbocycles. The van der Waals surface area contributed by atoms with Crippen molar-refractivity contribution in [2.45, 2.75) is 29.3 Å². The second kappa shape index (κ2) is 10.6. The number of nitrogens with zero attached hydrogens (tertiary/aromatic N) is 1. The Bertz CT molecular complexity index is 586. The molecule has 0 bridgehead atoms. The van der Waals surface area contributed by atoms with E-state index in [2.05, 4.69) is 10.6 Å². The van der Waals surface area contributed by atoms with Crippen LogP contribution in [0.15, 0.2) is 29.2 Å². The molecule has 2 unspecified atom stereocenters. The zero-order valence-corrected chi connectivity index (χ0v) is 16.6. The maximum atomic E-state index is 13.3. The third kappa shape index (κ3) is 6.81. The first-order valence-electron chi connectivity index (χ1n) is 7.99. The molecule has 0 aromatic heterocycles. The fraction of sp³-hybridized carbons (Fsp3) is 0.562. The van der Waals surface area contributed by atoms with Gasteiger partial charge in [0.1, 0.15) is 6.04 Å². The fourth-order valence-corrected chi connectivity index (χ4v) is 3.75. The van der Waals surface area contributed by atoms with Gasteiger partial charge in [-0.25, -0.2) is 0 Å². The number of halogens is 5. The van der Waals surface area contributed by atoms with E-state index in [0.29, 0.717) is 31.2 Å². The van der Waals surface area contributed by atoms with Crippen molar-refractivity contribution in [1.29, 1.82) is 0 Å². The molecule has 2 atom stereocenters. The van der Waals surface area contributed by atoms with Gasteiger partial charge in [0.15, 0.2) is 0 Å². The topological polar surface area (TPSA) is 44.4 Å². The highest BCUT2D eigenvalue weighted by atomic mass is 35.5. The normalized spacial score (nSPS) is 17.9. The molecule has 1 fully saturated rings. The number of carbonyl (C=O) groups excluding carboxylic acids is 1. The van der Waals surface area contributed by atoms with Crippen molar-refractivity contribution in [3.63, 3.8) is 0 Å². The van der Waals surface area contributed by atoms with Gasteiger partial charge < -0.3 is 10.6 Å². The SMILES string of the molecule is CC(Sc1ccccc1Cl)C(=O)NCC(N1CCNCC1)C(F)(F)F.Cl. The van der Waals surface area contributed by atoms with E-state index in [9.17, 15) is 18.0 Å². The Balaban J connectivity index is 0.00000338. The third-order valence-corrected chi connectivity index (χ3v) is 5.57. The molecular weight excluding hydrogens is 410 g/mol. The van der Waals surface area contributed by atoms with Crippen molar-refractivity contribution in [3.05, 3.63) is 29.3 Å². The third-order valence-electron chi connectivity index (χ3n) is 3.95. The summed E-state index contributed by atoms with van der Waals surface area (Å²) >= 11 is 7.27. The number of piperazine rings is 1. The van der Waals surface area contributed by atoms with Crippen molar-refractivity contribution in [2.24, 2.45) is 0 Å². The monoisotopic (exact) mass is 431 g/mol. The number of thioether (sulfide) groups is 1. The number of carbonyl (C=O) groups is 1. The van der Waals surface area contributed by atoms with Crippen LogP contribution in [-0.4, -0.2) is 61.0 Å². The Kier molecular flexibility index (Phi) is 9.54. The molecule has 0 radical (unpaired) electrons. The second-order valence-corrected chi connectivity index (χ2v) is 7.57. The van der Waals surface area contributed by atoms with Crippen molar-refractivity contribution >= 4 is 41.7 Å². The van der Waals surface area contributed by atoms with Crippen molar-refractivity contribution in [2.75, 3.05) is 32.7 Å². The molecule has 4 nitrogen and oxygen atoms in total. The zero-order chi connectivity index (χ0) is 18.4. The van der Waals surface area contributed by atoms with Crippen LogP contribution in [0.1, 0.15) is 6.92 Å². The van der Waals surface area contributed by atoms with Crippen LogP contribution in [0.2, 0.25) is 5.02 Å². The molecule has 1 saturated heterocycles. The highest BCUT2D eigenvalue weighted by molar-refractivity contribution is 8.00. The Labute approximate surface area is 166 Å². The standard InChI is InChI=1S/C16H21ClF3N3OS.ClH/c1-11(25-13-5-3-2-4-12(13)17)15(24)22-10-14(16(18,19)20)23-8-6-21-7-9-23;/h2-5,11,14,21H,6-10H2,1H3,(H,22,24);1H. The van der Waals surface area contributed by atoms with E-state index in [-0.39, 0.29) is 12.4 Å². The largest absolute Gasteiger partial charge is 0.405 e. The molecule has 2 rings (SSSR count). The summed E-state index contributed by atoms with van der Waals surface area (Å²) in [4.78, 5) is 14.3. The summed E-state index contributed by atoms with van der Waals surface area (Å²) in [6.07, 6.45) is -4.39. The summed E-state index contributed by atoms with van der Waals surface area (Å²) in [5, 5.41) is 5.44. The lowest BCUT2D eigenvalue weighted by Gasteiger charge is -2.36. The van der Waals surface area contributed by atoms with E-state index >= 15 is 0 Å². The van der Waals surface area contributed by atoms with Crippen molar-refractivity contribution < 1.29 is 18.0 Å². The number of nitrogens with one attached hydrogen (secondary N) is 2. The van der Waals surface area contributed by atoms with E-state index in [1.165, 1.54) is 16.7 Å². The van der Waals surface area contributed by atoms with Crippen molar-refractivity contribution in [3.8, 4) is 0 Å². The highest BCUT2D eigenvalue weighted by Crippen LogP contribution is 2.30. The average Bonchev–Trinajstić information content (AvgIpc) is 2.56. The summed E-state index contributed by atoms with van der Waals surface area (Å²) in [7, 11) is 0. The Morgan fingerprint density at radius 2 is 1.96 bits per heavy atom. The molecule has 0 spiro atoms. The maximum absolute atomic E-state index is 13.3. The smallest absolute Gasteiger partial charge is 0.353 e. The number of amides is 1. The number of hydrogen-bond acceptors (Lipinski definition) is 4. The minimum atomic E-state index is -4.39. The number of rotatable bonds is 6. The van der Waals surface area contributed by atoms with Gasteiger partial charge in [-0.1, -0.05) is 23.7 Å². The summed E-state index contributed by atoms with van der Waals surface area (Å²) < 4.78 is 40.0. The van der Waals surface area contributed by atoms with Gasteiger partial charge in [0, 0.05) is 37.6 Å². The highest BCUT2D eigenvalue weighted by Gasteiger charge is 2.43. The van der Waals surface area contributed by atoms with Gasteiger partial charge in [-0.15, -0.1) is 24.2 Å². The van der Waals surface area contributed by atoms with E-state index < -0.39 is 29.9 Å². The quantitative estimate of drug-likeness (QED) is 0.678. The number of hydrogen-bond donors (Lipinski definition) is 2. The van der Waals surface area contributed by atoms with Crippen LogP contribution in [0.3, 0.4) is 0 Å². The van der Waals surface area contributed by atoms with Gasteiger partial charge in [0.25, 0.3) is 0 Å². The minimum Gasteiger partial charge on any atom is -0.353 e. The maximum Gasteiger partial charge on any atom is 0.405 e. The van der Waals surface area contributed by atoms with Crippen LogP contribution in [0, 0.1) is 0 Å². The molecule has 1 aromatic rings. The van der Waals surface area contributed by atoms with Gasteiger partial charge >= 0.3 is 6.18 Å². The van der Waals surface area contributed by atoms with Gasteiger partial charge in [-0.3, -0.25) is 9.69 Å². The molecule has 1 amide bonds. The van der Waals surface area contributed by atoms with Gasteiger partial charge in [0.2, 0.25) is 5.91 Å². The molecule has 2 N–H and O–H groups in total. The second-order valence-electron chi connectivity index (χ2n) is 5.78. The minimum absolute atomic E-state index is 0. The lowest BCUT2D eigenvalue weighted by molar-refractivity contribution is -0.184. The lowest BCUT2D eigenvalue weighted by Crippen LogP contribution is -2.57. The molecule has 10 heteroatoms. The van der Waals surface area contributed by atoms with Crippen LogP contribution in [0.4, 0.5) is 13.2 Å². The summed E-state index contributed by atoms with van der Waals surface area (Å²) in [5.41, 5.74) is 0. The summed E-state index contributed by atoms with van der Waals surface area (Å²) in [6.45, 7) is 2.85. The molecule has 1 aliphatic heterocycles. The number of benzene rings is 1. The molecule has 0 aliphatic carbocycles. The molecular formula is C16H22Cl2F3N3OS. The molecule has 148 valence electrons. The first kappa shape index (κ1) is 23.4. The zero-order valence-electron chi connectivity index (χ0n) is 14.2. The average molecular weight is 432 g/mol. The first-order valence-corrected chi connectivity index (χ1v) is 9.25. The predicted octanol–water partition coefficient (Wildman–Crippen LogP) is 3.19. The summed E-state index contributed by atoms with van der Waals surface area (Å²) in [6, 6.07) is 5.38. The molecule has 0 saturated carbocycles. The molecule has 26 heavy (non-hydrogen) atoms. The lowest BCUT2D eigenvalue weighted by atomic mass is 10.2. The molecule has 1 heterocycles. The van der Waals surface area contributed by atoms with E-state index in [1.807, 2.05) is 0 Å². The Morgan fingerprint density at radius 3 is 2.54 bits per heavy atom. The Hall–Kier alpha value is -0.670. The van der Waals surface area contributed by atoms with Crippen LogP contribution >= 0.6 is 35.8 Å². The summed E-state index contributed by atoms with van der Waals surface area (Å²) in [5.74, 6) is -0.436. The predicted molar refractivity (Wildman–Crippen MR) is 101 cm³/mol. The molecule has 1 aliphatic rings. The van der Waals surface area contributed by atoms with Crippen LogP contribution in [0.5, 0.6) is 0 Å². The van der Waals surface area contributed by atoms with E-state index in [1.54, 1.807) is 31.2 Å². The van der Waals surface area contributed by atoms with Crippen LogP contribution < -0.4 is 10.6 Å². The fourth-order valence-electron chi connectivity index (χ4n) is 2.57. The van der Waals surface area contributed by atoms with E-state index in [0.717, 1.165) is 4.90 Å². The van der Waals surface area contributed by atoms with E-state index in [4.69, 9.17) is 11.6 Å². The van der Waals surface area contributed by atoms with Crippen LogP contribution in [0.25, 0.3) is 0 Å². The van der Waals surface area contributed by atoms with Gasteiger partial charge in [-0.05, 0) is 19.1 Å². The number of alkyl halides is 3. The van der Waals surface area contributed by atoms with Gasteiger partial charge in [0.05, 0.1) is 10.3 Å². The first-order chi connectivity index (χ1) is 11.8. The van der Waals surface area contributed by atoms with Crippen molar-refractivity contribution in [1.82, 2.24) is 15.5 Å².